The lowest BCUT2D eigenvalue weighted by Gasteiger charge is -2.09. The van der Waals surface area contributed by atoms with Crippen molar-refractivity contribution < 1.29 is 13.2 Å². The van der Waals surface area contributed by atoms with Crippen LogP contribution in [0.5, 0.6) is 0 Å². The van der Waals surface area contributed by atoms with Crippen LogP contribution in [0.2, 0.25) is 0 Å². The van der Waals surface area contributed by atoms with Crippen molar-refractivity contribution in [1.82, 2.24) is 14.1 Å². The number of hydrogen-bond donors (Lipinski definition) is 2. The Labute approximate surface area is 198 Å². The van der Waals surface area contributed by atoms with Crippen molar-refractivity contribution in [1.29, 1.82) is 0 Å². The molecule has 0 atom stereocenters. The Kier molecular flexibility index (Phi) is 5.81. The van der Waals surface area contributed by atoms with Crippen molar-refractivity contribution in [2.45, 2.75) is 11.4 Å². The fraction of sp³-hybridized carbons (Fsp3) is 0.0435. The molecule has 33 heavy (non-hydrogen) atoms. The molecule has 0 unspecified atom stereocenters. The maximum absolute atomic E-state index is 12.7. The second-order valence-electron chi connectivity index (χ2n) is 7.18. The summed E-state index contributed by atoms with van der Waals surface area (Å²) in [7, 11) is -3.74. The van der Waals surface area contributed by atoms with Crippen molar-refractivity contribution >= 4 is 49.3 Å². The lowest BCUT2D eigenvalue weighted by Crippen LogP contribution is -2.23. The van der Waals surface area contributed by atoms with Crippen molar-refractivity contribution in [3.05, 3.63) is 94.3 Å². The number of thiophene rings is 1. The van der Waals surface area contributed by atoms with Gasteiger partial charge in [0, 0.05) is 46.0 Å². The second kappa shape index (κ2) is 8.91. The van der Waals surface area contributed by atoms with Crippen LogP contribution in [0, 0.1) is 0 Å². The summed E-state index contributed by atoms with van der Waals surface area (Å²) >= 11 is 3.04. The minimum absolute atomic E-state index is 0.0433. The fourth-order valence-corrected chi connectivity index (χ4v) is 5.75. The molecule has 0 aliphatic carbocycles. The third kappa shape index (κ3) is 4.74. The summed E-state index contributed by atoms with van der Waals surface area (Å²) in [6.45, 7) is 0.206. The van der Waals surface area contributed by atoms with Crippen LogP contribution < -0.4 is 10.0 Å². The number of imidazole rings is 1. The van der Waals surface area contributed by atoms with Gasteiger partial charge in [-0.2, -0.15) is 0 Å². The third-order valence-electron chi connectivity index (χ3n) is 4.95. The van der Waals surface area contributed by atoms with Gasteiger partial charge in [-0.25, -0.2) is 18.1 Å². The summed E-state index contributed by atoms with van der Waals surface area (Å²) < 4.78 is 29.8. The van der Waals surface area contributed by atoms with Gasteiger partial charge in [-0.3, -0.25) is 9.20 Å². The average Bonchev–Trinajstić information content (AvgIpc) is 3.56. The summed E-state index contributed by atoms with van der Waals surface area (Å²) in [5.74, 6) is -0.388. The predicted molar refractivity (Wildman–Crippen MR) is 131 cm³/mol. The molecule has 7 nitrogen and oxygen atoms in total. The van der Waals surface area contributed by atoms with E-state index in [1.165, 1.54) is 23.5 Å². The number of amides is 1. The number of aromatic nitrogens is 2. The molecule has 0 aliphatic heterocycles. The largest absolute Gasteiger partial charge is 0.322 e. The molecule has 3 aromatic heterocycles. The molecular formula is C23H18N4O3S3. The predicted octanol–water partition coefficient (Wildman–Crippen LogP) is 4.86. The highest BCUT2D eigenvalue weighted by molar-refractivity contribution is 7.89. The lowest BCUT2D eigenvalue weighted by molar-refractivity contribution is 0.102. The van der Waals surface area contributed by atoms with E-state index in [-0.39, 0.29) is 22.9 Å². The van der Waals surface area contributed by atoms with Gasteiger partial charge >= 0.3 is 0 Å². The number of rotatable bonds is 7. The molecule has 0 bridgehead atoms. The minimum Gasteiger partial charge on any atom is -0.322 e. The molecule has 3 heterocycles. The van der Waals surface area contributed by atoms with E-state index in [1.54, 1.807) is 35.6 Å². The van der Waals surface area contributed by atoms with E-state index in [2.05, 4.69) is 15.0 Å². The quantitative estimate of drug-likeness (QED) is 0.338. The Morgan fingerprint density at radius 2 is 1.85 bits per heavy atom. The van der Waals surface area contributed by atoms with Crippen LogP contribution in [0.25, 0.3) is 16.2 Å². The van der Waals surface area contributed by atoms with E-state index >= 15 is 0 Å². The van der Waals surface area contributed by atoms with Crippen LogP contribution in [0.1, 0.15) is 15.2 Å². The van der Waals surface area contributed by atoms with Gasteiger partial charge in [-0.15, -0.1) is 22.7 Å². The Morgan fingerprint density at radius 1 is 1.00 bits per heavy atom. The number of hydrogen-bond acceptors (Lipinski definition) is 6. The number of thiazole rings is 1. The highest BCUT2D eigenvalue weighted by Gasteiger charge is 2.17. The first-order valence-electron chi connectivity index (χ1n) is 9.94. The van der Waals surface area contributed by atoms with Crippen LogP contribution in [0.4, 0.5) is 5.69 Å². The van der Waals surface area contributed by atoms with Gasteiger partial charge in [0.1, 0.15) is 0 Å². The van der Waals surface area contributed by atoms with Crippen LogP contribution in [-0.4, -0.2) is 23.7 Å². The molecule has 1 amide bonds. The van der Waals surface area contributed by atoms with Gasteiger partial charge in [0.15, 0.2) is 4.96 Å². The van der Waals surface area contributed by atoms with Gasteiger partial charge in [-0.05, 0) is 41.8 Å². The monoisotopic (exact) mass is 494 g/mol. The molecule has 5 aromatic rings. The minimum atomic E-state index is -3.74. The van der Waals surface area contributed by atoms with E-state index < -0.39 is 10.0 Å². The summed E-state index contributed by atoms with van der Waals surface area (Å²) in [4.78, 5) is 19.2. The Bertz CT molecular complexity index is 1490. The average molecular weight is 495 g/mol. The molecule has 0 saturated carbocycles. The molecule has 10 heteroatoms. The van der Waals surface area contributed by atoms with Crippen molar-refractivity contribution in [2.75, 3.05) is 5.32 Å². The molecule has 5 rings (SSSR count). The number of nitrogens with zero attached hydrogens (tertiary/aromatic N) is 2. The molecule has 0 spiro atoms. The zero-order valence-corrected chi connectivity index (χ0v) is 19.6. The smallest absolute Gasteiger partial charge is 0.255 e. The van der Waals surface area contributed by atoms with E-state index in [9.17, 15) is 13.2 Å². The molecule has 0 radical (unpaired) electrons. The summed E-state index contributed by atoms with van der Waals surface area (Å²) in [5, 5.41) is 6.68. The maximum atomic E-state index is 12.7. The number of sulfonamides is 1. The highest BCUT2D eigenvalue weighted by Crippen LogP contribution is 2.23. The SMILES string of the molecule is O=C(Nc1ccc(-c2cn3ccsc3n2)cc1)c1cccc(S(=O)(=O)NCc2cccs2)c1. The molecular weight excluding hydrogens is 476 g/mol. The van der Waals surface area contributed by atoms with Crippen LogP contribution >= 0.6 is 22.7 Å². The molecule has 0 fully saturated rings. The molecule has 0 aliphatic rings. The van der Waals surface area contributed by atoms with E-state index in [0.29, 0.717) is 5.69 Å². The van der Waals surface area contributed by atoms with Crippen LogP contribution in [0.15, 0.2) is 88.7 Å². The zero-order valence-electron chi connectivity index (χ0n) is 17.1. The van der Waals surface area contributed by atoms with E-state index in [1.807, 2.05) is 51.8 Å². The summed E-state index contributed by atoms with van der Waals surface area (Å²) in [6, 6.07) is 17.1. The zero-order chi connectivity index (χ0) is 22.8. The van der Waals surface area contributed by atoms with Crippen molar-refractivity contribution in [3.8, 4) is 11.3 Å². The van der Waals surface area contributed by atoms with Crippen LogP contribution in [0.3, 0.4) is 0 Å². The third-order valence-corrected chi connectivity index (χ3v) is 8.00. The lowest BCUT2D eigenvalue weighted by atomic mass is 10.1. The molecule has 166 valence electrons. The van der Waals surface area contributed by atoms with Gasteiger partial charge in [-0.1, -0.05) is 24.3 Å². The van der Waals surface area contributed by atoms with Crippen molar-refractivity contribution in [2.24, 2.45) is 0 Å². The van der Waals surface area contributed by atoms with E-state index in [4.69, 9.17) is 0 Å². The molecule has 2 N–H and O–H groups in total. The summed E-state index contributed by atoms with van der Waals surface area (Å²) in [5.41, 5.74) is 2.66. The number of carbonyl (C=O) groups is 1. The fourth-order valence-electron chi connectivity index (χ4n) is 3.26. The van der Waals surface area contributed by atoms with Crippen LogP contribution in [-0.2, 0) is 16.6 Å². The first-order chi connectivity index (χ1) is 16.0. The van der Waals surface area contributed by atoms with Gasteiger partial charge in [0.2, 0.25) is 10.0 Å². The molecule has 2 aromatic carbocycles. The molecule has 0 saturated heterocycles. The first-order valence-corrected chi connectivity index (χ1v) is 13.2. The van der Waals surface area contributed by atoms with Gasteiger partial charge in [0.05, 0.1) is 10.6 Å². The number of fused-ring (bicyclic) bond motifs is 1. The number of anilines is 1. The highest BCUT2D eigenvalue weighted by atomic mass is 32.2. The van der Waals surface area contributed by atoms with Gasteiger partial charge < -0.3 is 5.32 Å². The van der Waals surface area contributed by atoms with Gasteiger partial charge in [0.25, 0.3) is 5.91 Å². The number of benzene rings is 2. The second-order valence-corrected chi connectivity index (χ2v) is 10.9. The normalized spacial score (nSPS) is 11.6. The first kappa shape index (κ1) is 21.5. The number of nitrogens with one attached hydrogen (secondary N) is 2. The topological polar surface area (TPSA) is 92.6 Å². The standard InChI is InChI=1S/C23H18N4O3S3/c28-22(17-3-1-5-20(13-17)33(29,30)24-14-19-4-2-11-31-19)25-18-8-6-16(7-9-18)21-15-27-10-12-32-23(27)26-21/h1-13,15,24H,14H2,(H,25,28). The maximum Gasteiger partial charge on any atom is 0.255 e. The number of carbonyl (C=O) groups excluding carboxylic acids is 1. The Balaban J connectivity index is 1.28. The summed E-state index contributed by atoms with van der Waals surface area (Å²) in [6.07, 6.45) is 3.91. The Hall–Kier alpha value is -3.31. The van der Waals surface area contributed by atoms with Crippen molar-refractivity contribution in [3.63, 3.8) is 0 Å². The van der Waals surface area contributed by atoms with E-state index in [0.717, 1.165) is 21.1 Å². The Morgan fingerprint density at radius 3 is 2.61 bits per heavy atom.